The van der Waals surface area contributed by atoms with Crippen LogP contribution in [0.2, 0.25) is 0 Å². The Hall–Kier alpha value is -2.66. The topological polar surface area (TPSA) is 71.8 Å². The number of amides is 1. The maximum atomic E-state index is 11.8. The molecule has 0 unspecified atom stereocenters. The number of benzene rings is 2. The highest BCUT2D eigenvalue weighted by atomic mass is 79.9. The third-order valence-corrected chi connectivity index (χ3v) is 4.39. The number of fused-ring (bicyclic) bond motifs is 2. The van der Waals surface area contributed by atoms with Gasteiger partial charge in [-0.2, -0.15) is 0 Å². The molecule has 0 spiro atoms. The fourth-order valence-electron chi connectivity index (χ4n) is 2.82. The largest absolute Gasteiger partial charge is 0.366 e. The highest BCUT2D eigenvalue weighted by Crippen LogP contribution is 2.31. The Balaban J connectivity index is 2.04. The molecule has 0 radical (unpaired) electrons. The van der Waals surface area contributed by atoms with Gasteiger partial charge < -0.3 is 10.7 Å². The van der Waals surface area contributed by atoms with E-state index in [2.05, 4.69) is 20.9 Å². The number of nitrogens with zero attached hydrogens (tertiary/aromatic N) is 1. The molecular weight excluding hydrogens is 354 g/mol. The summed E-state index contributed by atoms with van der Waals surface area (Å²) >= 11 is 3.49. The standard InChI is InChI=1S/C18H12BrN3O/c19-10-5-6-15-12(7-10)14(9-21-15)17-8-13(18(20)23)11-3-1-2-4-16(11)22-17/h1-9,21H,(H2,20,23). The number of para-hydroxylation sites is 1. The van der Waals surface area contributed by atoms with E-state index < -0.39 is 5.91 Å². The van der Waals surface area contributed by atoms with Gasteiger partial charge in [0.1, 0.15) is 0 Å². The maximum absolute atomic E-state index is 11.8. The number of carbonyl (C=O) groups is 1. The van der Waals surface area contributed by atoms with Crippen molar-refractivity contribution in [2.24, 2.45) is 5.73 Å². The zero-order valence-electron chi connectivity index (χ0n) is 12.0. The van der Waals surface area contributed by atoms with E-state index in [0.29, 0.717) is 5.56 Å². The van der Waals surface area contributed by atoms with Gasteiger partial charge in [0.05, 0.1) is 16.8 Å². The number of pyridine rings is 1. The van der Waals surface area contributed by atoms with E-state index in [-0.39, 0.29) is 0 Å². The van der Waals surface area contributed by atoms with Crippen molar-refractivity contribution in [1.29, 1.82) is 0 Å². The summed E-state index contributed by atoms with van der Waals surface area (Å²) in [5.74, 6) is -0.453. The number of rotatable bonds is 2. The number of primary amides is 1. The van der Waals surface area contributed by atoms with Crippen LogP contribution in [0, 0.1) is 0 Å². The van der Waals surface area contributed by atoms with Crippen molar-refractivity contribution in [3.05, 3.63) is 64.8 Å². The second-order valence-electron chi connectivity index (χ2n) is 5.33. The van der Waals surface area contributed by atoms with Crippen molar-refractivity contribution in [1.82, 2.24) is 9.97 Å². The average molecular weight is 366 g/mol. The van der Waals surface area contributed by atoms with E-state index in [1.807, 2.05) is 48.7 Å². The lowest BCUT2D eigenvalue weighted by Gasteiger charge is -2.07. The Kier molecular flexibility index (Phi) is 3.16. The number of nitrogens with one attached hydrogen (secondary N) is 1. The Morgan fingerprint density at radius 3 is 2.74 bits per heavy atom. The molecule has 0 aliphatic heterocycles. The Bertz CT molecular complexity index is 1070. The van der Waals surface area contributed by atoms with Crippen molar-refractivity contribution in [2.75, 3.05) is 0 Å². The summed E-state index contributed by atoms with van der Waals surface area (Å²) < 4.78 is 0.988. The van der Waals surface area contributed by atoms with Crippen LogP contribution in [-0.4, -0.2) is 15.9 Å². The third-order valence-electron chi connectivity index (χ3n) is 3.90. The molecule has 4 nitrogen and oxygen atoms in total. The van der Waals surface area contributed by atoms with Crippen molar-refractivity contribution < 1.29 is 4.79 Å². The highest BCUT2D eigenvalue weighted by Gasteiger charge is 2.14. The van der Waals surface area contributed by atoms with Gasteiger partial charge in [-0.1, -0.05) is 34.1 Å². The monoisotopic (exact) mass is 365 g/mol. The van der Waals surface area contributed by atoms with Gasteiger partial charge in [-0.25, -0.2) is 4.98 Å². The van der Waals surface area contributed by atoms with Crippen molar-refractivity contribution in [3.63, 3.8) is 0 Å². The predicted molar refractivity (Wildman–Crippen MR) is 95.3 cm³/mol. The molecule has 4 aromatic rings. The first-order valence-corrected chi connectivity index (χ1v) is 7.89. The number of nitrogens with two attached hydrogens (primary N) is 1. The molecule has 0 fully saturated rings. The first kappa shape index (κ1) is 14.0. The lowest BCUT2D eigenvalue weighted by Crippen LogP contribution is -2.12. The van der Waals surface area contributed by atoms with Gasteiger partial charge in [0, 0.05) is 32.5 Å². The maximum Gasteiger partial charge on any atom is 0.249 e. The molecule has 112 valence electrons. The molecule has 0 atom stereocenters. The molecule has 0 aliphatic carbocycles. The van der Waals surface area contributed by atoms with Crippen LogP contribution in [0.4, 0.5) is 0 Å². The van der Waals surface area contributed by atoms with Gasteiger partial charge in [-0.05, 0) is 30.3 Å². The summed E-state index contributed by atoms with van der Waals surface area (Å²) in [5.41, 5.74) is 9.47. The molecule has 2 aromatic heterocycles. The van der Waals surface area contributed by atoms with Gasteiger partial charge >= 0.3 is 0 Å². The van der Waals surface area contributed by atoms with Gasteiger partial charge in [-0.3, -0.25) is 4.79 Å². The van der Waals surface area contributed by atoms with E-state index in [4.69, 9.17) is 10.7 Å². The van der Waals surface area contributed by atoms with Crippen molar-refractivity contribution in [3.8, 4) is 11.3 Å². The number of aromatic amines is 1. The average Bonchev–Trinajstić information content (AvgIpc) is 2.96. The first-order chi connectivity index (χ1) is 11.1. The van der Waals surface area contributed by atoms with E-state index in [1.165, 1.54) is 0 Å². The summed E-state index contributed by atoms with van der Waals surface area (Å²) in [6.45, 7) is 0. The number of H-pyrrole nitrogens is 1. The molecule has 3 N–H and O–H groups in total. The molecule has 1 amide bonds. The zero-order valence-corrected chi connectivity index (χ0v) is 13.6. The molecule has 0 bridgehead atoms. The highest BCUT2D eigenvalue weighted by molar-refractivity contribution is 9.10. The summed E-state index contributed by atoms with van der Waals surface area (Å²) in [5, 5.41) is 1.81. The minimum absolute atomic E-state index is 0.453. The summed E-state index contributed by atoms with van der Waals surface area (Å²) in [4.78, 5) is 19.8. The summed E-state index contributed by atoms with van der Waals surface area (Å²) in [7, 11) is 0. The van der Waals surface area contributed by atoms with Crippen LogP contribution < -0.4 is 5.73 Å². The summed E-state index contributed by atoms with van der Waals surface area (Å²) in [6.07, 6.45) is 1.90. The van der Waals surface area contributed by atoms with E-state index in [1.54, 1.807) is 6.07 Å². The van der Waals surface area contributed by atoms with Gasteiger partial charge in [0.25, 0.3) is 0 Å². The lowest BCUT2D eigenvalue weighted by molar-refractivity contribution is 0.100. The molecule has 0 saturated heterocycles. The molecule has 4 rings (SSSR count). The second kappa shape index (κ2) is 5.21. The predicted octanol–water partition coefficient (Wildman–Crippen LogP) is 4.24. The second-order valence-corrected chi connectivity index (χ2v) is 6.24. The third kappa shape index (κ3) is 2.29. The van der Waals surface area contributed by atoms with Gasteiger partial charge in [0.15, 0.2) is 0 Å². The molecular formula is C18H12BrN3O. The van der Waals surface area contributed by atoms with E-state index in [9.17, 15) is 4.79 Å². The smallest absolute Gasteiger partial charge is 0.249 e. The van der Waals surface area contributed by atoms with Crippen LogP contribution >= 0.6 is 15.9 Å². The van der Waals surface area contributed by atoms with Crippen molar-refractivity contribution in [2.45, 2.75) is 0 Å². The van der Waals surface area contributed by atoms with Crippen molar-refractivity contribution >= 4 is 43.6 Å². The normalized spacial score (nSPS) is 11.2. The number of carbonyl (C=O) groups excluding carboxylic acids is 1. The molecule has 23 heavy (non-hydrogen) atoms. The van der Waals surface area contributed by atoms with Gasteiger partial charge in [0.2, 0.25) is 5.91 Å². The van der Waals surface area contributed by atoms with Crippen LogP contribution in [-0.2, 0) is 0 Å². The number of hydrogen-bond donors (Lipinski definition) is 2. The Morgan fingerprint density at radius 1 is 1.09 bits per heavy atom. The fraction of sp³-hybridized carbons (Fsp3) is 0. The molecule has 2 heterocycles. The van der Waals surface area contributed by atoms with E-state index in [0.717, 1.165) is 37.5 Å². The molecule has 0 saturated carbocycles. The minimum atomic E-state index is -0.453. The molecule has 5 heteroatoms. The molecule has 2 aromatic carbocycles. The van der Waals surface area contributed by atoms with Crippen LogP contribution in [0.1, 0.15) is 10.4 Å². The molecule has 0 aliphatic rings. The summed E-state index contributed by atoms with van der Waals surface area (Å²) in [6, 6.07) is 15.3. The lowest BCUT2D eigenvalue weighted by atomic mass is 10.0. The first-order valence-electron chi connectivity index (χ1n) is 7.10. The fourth-order valence-corrected chi connectivity index (χ4v) is 3.18. The van der Waals surface area contributed by atoms with Crippen LogP contribution in [0.5, 0.6) is 0 Å². The minimum Gasteiger partial charge on any atom is -0.366 e. The number of hydrogen-bond acceptors (Lipinski definition) is 2. The Labute approximate surface area is 140 Å². The van der Waals surface area contributed by atoms with Crippen LogP contribution in [0.25, 0.3) is 33.1 Å². The van der Waals surface area contributed by atoms with E-state index >= 15 is 0 Å². The van der Waals surface area contributed by atoms with Crippen LogP contribution in [0.15, 0.2) is 59.2 Å². The number of halogens is 1. The zero-order chi connectivity index (χ0) is 16.0. The SMILES string of the molecule is NC(=O)c1cc(-c2c[nH]c3ccc(Br)cc23)nc2ccccc12. The van der Waals surface area contributed by atoms with Crippen LogP contribution in [0.3, 0.4) is 0 Å². The number of aromatic nitrogens is 2. The van der Waals surface area contributed by atoms with Gasteiger partial charge in [-0.15, -0.1) is 0 Å². The Morgan fingerprint density at radius 2 is 1.91 bits per heavy atom. The quantitative estimate of drug-likeness (QED) is 0.557.